The molecule has 0 aromatic heterocycles. The first-order valence-electron chi connectivity index (χ1n) is 8.21. The van der Waals surface area contributed by atoms with E-state index in [1.807, 2.05) is 42.5 Å². The van der Waals surface area contributed by atoms with Gasteiger partial charge in [-0.25, -0.2) is 0 Å². The molecule has 1 fully saturated rings. The van der Waals surface area contributed by atoms with Crippen molar-refractivity contribution in [2.75, 3.05) is 43.5 Å². The lowest BCUT2D eigenvalue weighted by molar-refractivity contribution is -0.143. The Balaban J connectivity index is 1.54. The van der Waals surface area contributed by atoms with Crippen LogP contribution in [0.2, 0.25) is 0 Å². The normalized spacial score (nSPS) is 14.1. The molecule has 6 heteroatoms. The zero-order chi connectivity index (χ0) is 17.6. The highest BCUT2D eigenvalue weighted by Crippen LogP contribution is 2.20. The predicted octanol–water partition coefficient (Wildman–Crippen LogP) is 1.98. The summed E-state index contributed by atoms with van der Waals surface area (Å²) in [6.07, 6.45) is 0. The van der Waals surface area contributed by atoms with E-state index in [-0.39, 0.29) is 0 Å². The molecule has 0 unspecified atom stereocenters. The highest BCUT2D eigenvalue weighted by atomic mass is 16.5. The van der Waals surface area contributed by atoms with Gasteiger partial charge >= 0.3 is 11.8 Å². The Bertz CT molecular complexity index is 723. The molecular formula is C19H21N3O3. The summed E-state index contributed by atoms with van der Waals surface area (Å²) < 4.78 is 5.16. The van der Waals surface area contributed by atoms with Crippen LogP contribution in [0.3, 0.4) is 0 Å². The van der Waals surface area contributed by atoms with Crippen molar-refractivity contribution in [3.8, 4) is 5.75 Å². The van der Waals surface area contributed by atoms with Crippen molar-refractivity contribution < 1.29 is 14.3 Å². The monoisotopic (exact) mass is 339 g/mol. The van der Waals surface area contributed by atoms with Crippen LogP contribution >= 0.6 is 0 Å². The van der Waals surface area contributed by atoms with Crippen LogP contribution in [0.5, 0.6) is 5.75 Å². The van der Waals surface area contributed by atoms with Crippen LogP contribution in [0.4, 0.5) is 11.4 Å². The smallest absolute Gasteiger partial charge is 0.313 e. The van der Waals surface area contributed by atoms with E-state index in [2.05, 4.69) is 10.2 Å². The minimum Gasteiger partial charge on any atom is -0.497 e. The maximum Gasteiger partial charge on any atom is 0.313 e. The van der Waals surface area contributed by atoms with Gasteiger partial charge in [0.1, 0.15) is 5.75 Å². The molecule has 0 spiro atoms. The van der Waals surface area contributed by atoms with E-state index >= 15 is 0 Å². The Labute approximate surface area is 147 Å². The fourth-order valence-corrected chi connectivity index (χ4v) is 2.81. The summed E-state index contributed by atoms with van der Waals surface area (Å²) in [6.45, 7) is 2.42. The summed E-state index contributed by atoms with van der Waals surface area (Å²) in [5, 5.41) is 2.64. The molecule has 2 aromatic rings. The fraction of sp³-hybridized carbons (Fsp3) is 0.263. The number of hydrogen-bond donors (Lipinski definition) is 1. The van der Waals surface area contributed by atoms with Gasteiger partial charge < -0.3 is 19.9 Å². The highest BCUT2D eigenvalue weighted by Gasteiger charge is 2.26. The lowest BCUT2D eigenvalue weighted by atomic mass is 10.2. The van der Waals surface area contributed by atoms with E-state index in [1.54, 1.807) is 24.1 Å². The van der Waals surface area contributed by atoms with Crippen molar-refractivity contribution >= 4 is 23.2 Å². The third-order valence-electron chi connectivity index (χ3n) is 4.23. The summed E-state index contributed by atoms with van der Waals surface area (Å²) in [5.74, 6) is -0.266. The molecule has 0 radical (unpaired) electrons. The summed E-state index contributed by atoms with van der Waals surface area (Å²) in [7, 11) is 1.64. The SMILES string of the molecule is COc1ccc(N2CCN(C(=O)C(=O)Nc3ccccc3)CC2)cc1. The first-order valence-corrected chi connectivity index (χ1v) is 8.21. The Morgan fingerprint density at radius 3 is 2.16 bits per heavy atom. The molecule has 2 aromatic carbocycles. The lowest BCUT2D eigenvalue weighted by Crippen LogP contribution is -2.51. The van der Waals surface area contributed by atoms with E-state index in [9.17, 15) is 9.59 Å². The Morgan fingerprint density at radius 1 is 0.920 bits per heavy atom. The van der Waals surface area contributed by atoms with Crippen LogP contribution in [0.1, 0.15) is 0 Å². The van der Waals surface area contributed by atoms with Crippen LogP contribution in [-0.4, -0.2) is 50.0 Å². The van der Waals surface area contributed by atoms with Crippen molar-refractivity contribution in [2.45, 2.75) is 0 Å². The van der Waals surface area contributed by atoms with Crippen molar-refractivity contribution in [1.29, 1.82) is 0 Å². The third-order valence-corrected chi connectivity index (χ3v) is 4.23. The summed E-state index contributed by atoms with van der Waals surface area (Å²) in [5.41, 5.74) is 1.71. The van der Waals surface area contributed by atoms with Crippen molar-refractivity contribution in [1.82, 2.24) is 4.90 Å². The van der Waals surface area contributed by atoms with Gasteiger partial charge in [0, 0.05) is 37.6 Å². The van der Waals surface area contributed by atoms with E-state index in [1.165, 1.54) is 0 Å². The number of piperazine rings is 1. The van der Waals surface area contributed by atoms with Gasteiger partial charge in [0.2, 0.25) is 0 Å². The molecule has 0 aliphatic carbocycles. The molecular weight excluding hydrogens is 318 g/mol. The molecule has 25 heavy (non-hydrogen) atoms. The fourth-order valence-electron chi connectivity index (χ4n) is 2.81. The Morgan fingerprint density at radius 2 is 1.56 bits per heavy atom. The largest absolute Gasteiger partial charge is 0.497 e. The van der Waals surface area contributed by atoms with Gasteiger partial charge in [-0.2, -0.15) is 0 Å². The van der Waals surface area contributed by atoms with Crippen LogP contribution in [0, 0.1) is 0 Å². The molecule has 1 aliphatic heterocycles. The van der Waals surface area contributed by atoms with E-state index < -0.39 is 11.8 Å². The first-order chi connectivity index (χ1) is 12.2. The van der Waals surface area contributed by atoms with E-state index in [4.69, 9.17) is 4.74 Å². The number of carbonyl (C=O) groups excluding carboxylic acids is 2. The quantitative estimate of drug-likeness (QED) is 0.869. The second kappa shape index (κ2) is 7.70. The van der Waals surface area contributed by atoms with Crippen molar-refractivity contribution in [2.24, 2.45) is 0 Å². The zero-order valence-corrected chi connectivity index (χ0v) is 14.1. The molecule has 1 saturated heterocycles. The Hall–Kier alpha value is -3.02. The van der Waals surface area contributed by atoms with E-state index in [0.717, 1.165) is 11.4 Å². The number of nitrogens with one attached hydrogen (secondary N) is 1. The molecule has 6 nitrogen and oxygen atoms in total. The first kappa shape index (κ1) is 16.8. The second-order valence-electron chi connectivity index (χ2n) is 5.80. The number of methoxy groups -OCH3 is 1. The second-order valence-corrected chi connectivity index (χ2v) is 5.80. The van der Waals surface area contributed by atoms with Crippen LogP contribution < -0.4 is 15.0 Å². The van der Waals surface area contributed by atoms with E-state index in [0.29, 0.717) is 31.9 Å². The lowest BCUT2D eigenvalue weighted by Gasteiger charge is -2.35. The number of amides is 2. The van der Waals surface area contributed by atoms with Crippen molar-refractivity contribution in [3.05, 3.63) is 54.6 Å². The van der Waals surface area contributed by atoms with Gasteiger partial charge in [-0.15, -0.1) is 0 Å². The maximum absolute atomic E-state index is 12.3. The molecule has 1 heterocycles. The number of ether oxygens (including phenoxy) is 1. The van der Waals surface area contributed by atoms with Gasteiger partial charge in [0.05, 0.1) is 7.11 Å². The van der Waals surface area contributed by atoms with Crippen LogP contribution in [0.15, 0.2) is 54.6 Å². The standard InChI is InChI=1S/C19H21N3O3/c1-25-17-9-7-16(8-10-17)21-11-13-22(14-12-21)19(24)18(23)20-15-5-3-2-4-6-15/h2-10H,11-14H2,1H3,(H,20,23). The average molecular weight is 339 g/mol. The Kier molecular flexibility index (Phi) is 5.18. The number of para-hydroxylation sites is 1. The molecule has 0 atom stereocenters. The minimum absolute atomic E-state index is 0.488. The van der Waals surface area contributed by atoms with Crippen molar-refractivity contribution in [3.63, 3.8) is 0 Å². The highest BCUT2D eigenvalue weighted by molar-refractivity contribution is 6.39. The van der Waals surface area contributed by atoms with Crippen LogP contribution in [-0.2, 0) is 9.59 Å². The molecule has 3 rings (SSSR count). The summed E-state index contributed by atoms with van der Waals surface area (Å²) >= 11 is 0. The minimum atomic E-state index is -0.593. The molecule has 2 amide bonds. The predicted molar refractivity (Wildman–Crippen MR) is 96.9 cm³/mol. The van der Waals surface area contributed by atoms with Gasteiger partial charge in [-0.05, 0) is 36.4 Å². The van der Waals surface area contributed by atoms with Gasteiger partial charge in [-0.1, -0.05) is 18.2 Å². The number of nitrogens with zero attached hydrogens (tertiary/aromatic N) is 2. The molecule has 1 N–H and O–H groups in total. The molecule has 130 valence electrons. The van der Waals surface area contributed by atoms with Crippen LogP contribution in [0.25, 0.3) is 0 Å². The number of hydrogen-bond acceptors (Lipinski definition) is 4. The zero-order valence-electron chi connectivity index (χ0n) is 14.1. The van der Waals surface area contributed by atoms with Gasteiger partial charge in [0.15, 0.2) is 0 Å². The molecule has 0 saturated carbocycles. The number of anilines is 2. The number of rotatable bonds is 3. The number of carbonyl (C=O) groups is 2. The summed E-state index contributed by atoms with van der Waals surface area (Å²) in [6, 6.07) is 16.8. The van der Waals surface area contributed by atoms with Gasteiger partial charge in [-0.3, -0.25) is 9.59 Å². The number of benzene rings is 2. The topological polar surface area (TPSA) is 61.9 Å². The molecule has 1 aliphatic rings. The van der Waals surface area contributed by atoms with Gasteiger partial charge in [0.25, 0.3) is 0 Å². The maximum atomic E-state index is 12.3. The molecule has 0 bridgehead atoms. The average Bonchev–Trinajstić information content (AvgIpc) is 2.68. The summed E-state index contributed by atoms with van der Waals surface area (Å²) in [4.78, 5) is 28.2. The third kappa shape index (κ3) is 4.09.